The molecular formula is C14H19N3O2. The highest BCUT2D eigenvalue weighted by molar-refractivity contribution is 5.71. The molecule has 0 bridgehead atoms. The zero-order valence-corrected chi connectivity index (χ0v) is 11.2. The zero-order valence-electron chi connectivity index (χ0n) is 11.2. The minimum atomic E-state index is 0.348. The van der Waals surface area contributed by atoms with E-state index in [1.54, 1.807) is 7.11 Å². The molecule has 0 N–H and O–H groups in total. The van der Waals surface area contributed by atoms with E-state index in [2.05, 4.69) is 9.55 Å². The van der Waals surface area contributed by atoms with Crippen LogP contribution < -0.4 is 0 Å². The van der Waals surface area contributed by atoms with Gasteiger partial charge in [-0.25, -0.2) is 9.97 Å². The highest BCUT2D eigenvalue weighted by atomic mass is 16.5. The zero-order chi connectivity index (χ0) is 13.1. The summed E-state index contributed by atoms with van der Waals surface area (Å²) in [4.78, 5) is 9.18. The molecule has 5 nitrogen and oxygen atoms in total. The van der Waals surface area contributed by atoms with Crippen molar-refractivity contribution in [2.24, 2.45) is 0 Å². The molecule has 102 valence electrons. The Hall–Kier alpha value is -1.46. The molecule has 0 radical (unpaired) electrons. The molecule has 0 saturated carbocycles. The maximum absolute atomic E-state index is 5.61. The van der Waals surface area contributed by atoms with Crippen molar-refractivity contribution in [1.29, 1.82) is 0 Å². The summed E-state index contributed by atoms with van der Waals surface area (Å²) in [6, 6.07) is 4.29. The standard InChI is InChI=1S/C14H19N3O2/c1-18-9-6-13-16-12-5-2-7-15-14(12)17(13)11-4-3-8-19-10-11/h2,5,7,11H,3-4,6,8-10H2,1H3. The number of hydrogen-bond donors (Lipinski definition) is 0. The summed E-state index contributed by atoms with van der Waals surface area (Å²) in [7, 11) is 1.72. The predicted octanol–water partition coefficient (Wildman–Crippen LogP) is 1.97. The summed E-state index contributed by atoms with van der Waals surface area (Å²) in [5, 5.41) is 0. The lowest BCUT2D eigenvalue weighted by molar-refractivity contribution is 0.0589. The lowest BCUT2D eigenvalue weighted by Crippen LogP contribution is -2.23. The largest absolute Gasteiger partial charge is 0.384 e. The number of pyridine rings is 1. The number of imidazole rings is 1. The fraction of sp³-hybridized carbons (Fsp3) is 0.571. The van der Waals surface area contributed by atoms with Crippen molar-refractivity contribution in [3.8, 4) is 0 Å². The molecule has 0 spiro atoms. The average molecular weight is 261 g/mol. The van der Waals surface area contributed by atoms with Gasteiger partial charge in [0.05, 0.1) is 19.3 Å². The summed E-state index contributed by atoms with van der Waals surface area (Å²) in [6.45, 7) is 2.29. The highest BCUT2D eigenvalue weighted by Crippen LogP contribution is 2.26. The van der Waals surface area contributed by atoms with Crippen molar-refractivity contribution in [3.05, 3.63) is 24.2 Å². The van der Waals surface area contributed by atoms with Crippen LogP contribution in [0.4, 0.5) is 0 Å². The molecule has 1 aliphatic heterocycles. The second-order valence-electron chi connectivity index (χ2n) is 4.86. The van der Waals surface area contributed by atoms with Gasteiger partial charge in [-0.3, -0.25) is 0 Å². The summed E-state index contributed by atoms with van der Waals surface area (Å²) >= 11 is 0. The Kier molecular flexibility index (Phi) is 3.75. The number of rotatable bonds is 4. The molecule has 1 atom stereocenters. The summed E-state index contributed by atoms with van der Waals surface area (Å²) in [5.74, 6) is 1.05. The molecule has 5 heteroatoms. The normalized spacial score (nSPS) is 19.9. The second-order valence-corrected chi connectivity index (χ2v) is 4.86. The van der Waals surface area contributed by atoms with Crippen LogP contribution in [0, 0.1) is 0 Å². The van der Waals surface area contributed by atoms with Crippen molar-refractivity contribution < 1.29 is 9.47 Å². The topological polar surface area (TPSA) is 49.2 Å². The van der Waals surface area contributed by atoms with E-state index in [0.717, 1.165) is 49.5 Å². The Morgan fingerprint density at radius 1 is 1.53 bits per heavy atom. The van der Waals surface area contributed by atoms with Crippen molar-refractivity contribution in [3.63, 3.8) is 0 Å². The van der Waals surface area contributed by atoms with E-state index in [9.17, 15) is 0 Å². The van der Waals surface area contributed by atoms with Crippen molar-refractivity contribution in [2.75, 3.05) is 26.9 Å². The maximum atomic E-state index is 5.61. The molecule has 2 aromatic rings. The fourth-order valence-electron chi connectivity index (χ4n) is 2.66. The van der Waals surface area contributed by atoms with Crippen LogP contribution in [0.3, 0.4) is 0 Å². The smallest absolute Gasteiger partial charge is 0.160 e. The van der Waals surface area contributed by atoms with E-state index >= 15 is 0 Å². The van der Waals surface area contributed by atoms with Gasteiger partial charge < -0.3 is 14.0 Å². The Balaban J connectivity index is 2.01. The number of nitrogens with zero attached hydrogens (tertiary/aromatic N) is 3. The third kappa shape index (κ3) is 2.48. The second kappa shape index (κ2) is 5.67. The summed E-state index contributed by atoms with van der Waals surface area (Å²) in [5.41, 5.74) is 1.92. The Morgan fingerprint density at radius 3 is 3.26 bits per heavy atom. The van der Waals surface area contributed by atoms with Gasteiger partial charge in [0.25, 0.3) is 0 Å². The van der Waals surface area contributed by atoms with E-state index in [0.29, 0.717) is 12.6 Å². The molecule has 1 unspecified atom stereocenters. The van der Waals surface area contributed by atoms with Crippen LogP contribution in [0.1, 0.15) is 24.7 Å². The van der Waals surface area contributed by atoms with E-state index in [-0.39, 0.29) is 0 Å². The van der Waals surface area contributed by atoms with Crippen LogP contribution in [0.15, 0.2) is 18.3 Å². The molecule has 1 fully saturated rings. The first-order valence-electron chi connectivity index (χ1n) is 6.78. The van der Waals surface area contributed by atoms with Crippen LogP contribution in [0.2, 0.25) is 0 Å². The SMILES string of the molecule is COCCc1nc2cccnc2n1C1CCCOC1. The van der Waals surface area contributed by atoms with Crippen LogP contribution in [0.5, 0.6) is 0 Å². The van der Waals surface area contributed by atoms with Gasteiger partial charge in [0.15, 0.2) is 5.65 Å². The number of aromatic nitrogens is 3. The third-order valence-corrected chi connectivity index (χ3v) is 3.55. The minimum absolute atomic E-state index is 0.348. The van der Waals surface area contributed by atoms with Gasteiger partial charge in [-0.1, -0.05) is 0 Å². The number of fused-ring (bicyclic) bond motifs is 1. The van der Waals surface area contributed by atoms with Gasteiger partial charge in [0, 0.05) is 26.3 Å². The van der Waals surface area contributed by atoms with Gasteiger partial charge in [0.2, 0.25) is 0 Å². The van der Waals surface area contributed by atoms with Crippen molar-refractivity contribution in [2.45, 2.75) is 25.3 Å². The Morgan fingerprint density at radius 2 is 2.47 bits per heavy atom. The Labute approximate surface area is 112 Å². The number of ether oxygens (including phenoxy) is 2. The van der Waals surface area contributed by atoms with E-state index in [1.165, 1.54) is 0 Å². The van der Waals surface area contributed by atoms with E-state index < -0.39 is 0 Å². The molecule has 0 aromatic carbocycles. The highest BCUT2D eigenvalue weighted by Gasteiger charge is 2.22. The number of methoxy groups -OCH3 is 1. The van der Waals surface area contributed by atoms with Crippen LogP contribution in [-0.4, -0.2) is 41.5 Å². The van der Waals surface area contributed by atoms with Gasteiger partial charge in [-0.05, 0) is 25.0 Å². The quantitative estimate of drug-likeness (QED) is 0.844. The first-order chi connectivity index (χ1) is 9.40. The van der Waals surface area contributed by atoms with Crippen molar-refractivity contribution in [1.82, 2.24) is 14.5 Å². The first kappa shape index (κ1) is 12.6. The molecule has 1 aliphatic rings. The summed E-state index contributed by atoms with van der Waals surface area (Å²) < 4.78 is 13.0. The van der Waals surface area contributed by atoms with E-state index in [4.69, 9.17) is 14.5 Å². The molecule has 3 rings (SSSR count). The average Bonchev–Trinajstić information content (AvgIpc) is 2.84. The van der Waals surface area contributed by atoms with Crippen LogP contribution >= 0.6 is 0 Å². The predicted molar refractivity (Wildman–Crippen MR) is 72.2 cm³/mol. The maximum Gasteiger partial charge on any atom is 0.160 e. The van der Waals surface area contributed by atoms with Gasteiger partial charge in [-0.2, -0.15) is 0 Å². The summed E-state index contributed by atoms with van der Waals surface area (Å²) in [6.07, 6.45) is 4.86. The monoisotopic (exact) mass is 261 g/mol. The molecular weight excluding hydrogens is 242 g/mol. The number of hydrogen-bond acceptors (Lipinski definition) is 4. The van der Waals surface area contributed by atoms with Crippen LogP contribution in [-0.2, 0) is 15.9 Å². The first-order valence-corrected chi connectivity index (χ1v) is 6.78. The Bertz CT molecular complexity index is 547. The van der Waals surface area contributed by atoms with Gasteiger partial charge in [-0.15, -0.1) is 0 Å². The van der Waals surface area contributed by atoms with Crippen LogP contribution in [0.25, 0.3) is 11.2 Å². The molecule has 0 amide bonds. The van der Waals surface area contributed by atoms with E-state index in [1.807, 2.05) is 18.3 Å². The van der Waals surface area contributed by atoms with Crippen molar-refractivity contribution >= 4 is 11.2 Å². The third-order valence-electron chi connectivity index (χ3n) is 3.55. The molecule has 1 saturated heterocycles. The fourth-order valence-corrected chi connectivity index (χ4v) is 2.66. The molecule has 0 aliphatic carbocycles. The van der Waals surface area contributed by atoms with Gasteiger partial charge >= 0.3 is 0 Å². The molecule has 19 heavy (non-hydrogen) atoms. The molecule has 2 aromatic heterocycles. The lowest BCUT2D eigenvalue weighted by atomic mass is 10.1. The minimum Gasteiger partial charge on any atom is -0.384 e. The lowest BCUT2D eigenvalue weighted by Gasteiger charge is -2.25. The molecule has 3 heterocycles. The van der Waals surface area contributed by atoms with Gasteiger partial charge in [0.1, 0.15) is 11.3 Å².